The van der Waals surface area contributed by atoms with Gasteiger partial charge in [-0.05, 0) is 57.2 Å². The fourth-order valence-corrected chi connectivity index (χ4v) is 4.02. The van der Waals surface area contributed by atoms with Gasteiger partial charge in [0.2, 0.25) is 0 Å². The molecule has 0 aromatic heterocycles. The van der Waals surface area contributed by atoms with Crippen LogP contribution in [-0.4, -0.2) is 52.3 Å². The zero-order valence-electron chi connectivity index (χ0n) is 20.0. The van der Waals surface area contributed by atoms with Crippen molar-refractivity contribution >= 4 is 5.97 Å². The fourth-order valence-electron chi connectivity index (χ4n) is 4.02. The SMILES string of the molecule is CC(C)OC(=O)CCCC=CC[C@@H]1[C@H](C=C[C@@H](O)COc2cccc(C(F)(F)F)c2)[C@H](O)C[C@H]1O. The second-order valence-corrected chi connectivity index (χ2v) is 9.04. The average Bonchev–Trinajstić information content (AvgIpc) is 3.04. The highest BCUT2D eigenvalue weighted by molar-refractivity contribution is 5.69. The van der Waals surface area contributed by atoms with Gasteiger partial charge in [0.15, 0.2) is 0 Å². The number of esters is 1. The van der Waals surface area contributed by atoms with E-state index in [4.69, 9.17) is 9.47 Å². The van der Waals surface area contributed by atoms with Gasteiger partial charge >= 0.3 is 12.1 Å². The first-order valence-corrected chi connectivity index (χ1v) is 11.8. The molecule has 196 valence electrons. The lowest BCUT2D eigenvalue weighted by Gasteiger charge is -2.19. The van der Waals surface area contributed by atoms with Gasteiger partial charge in [-0.3, -0.25) is 4.79 Å². The highest BCUT2D eigenvalue weighted by Gasteiger charge is 2.39. The monoisotopic (exact) mass is 500 g/mol. The summed E-state index contributed by atoms with van der Waals surface area (Å²) in [5, 5.41) is 30.8. The van der Waals surface area contributed by atoms with Crippen LogP contribution in [0.2, 0.25) is 0 Å². The van der Waals surface area contributed by atoms with Gasteiger partial charge in [0, 0.05) is 18.8 Å². The maximum Gasteiger partial charge on any atom is 0.416 e. The largest absolute Gasteiger partial charge is 0.491 e. The van der Waals surface area contributed by atoms with Crippen molar-refractivity contribution in [3.63, 3.8) is 0 Å². The van der Waals surface area contributed by atoms with E-state index in [9.17, 15) is 33.3 Å². The van der Waals surface area contributed by atoms with E-state index in [-0.39, 0.29) is 42.7 Å². The van der Waals surface area contributed by atoms with Crippen LogP contribution in [0.25, 0.3) is 0 Å². The summed E-state index contributed by atoms with van der Waals surface area (Å²) in [7, 11) is 0. The Morgan fingerprint density at radius 3 is 2.63 bits per heavy atom. The van der Waals surface area contributed by atoms with Crippen molar-refractivity contribution in [3.8, 4) is 5.75 Å². The van der Waals surface area contributed by atoms with E-state index in [0.29, 0.717) is 25.7 Å². The molecule has 9 heteroatoms. The van der Waals surface area contributed by atoms with Gasteiger partial charge in [-0.25, -0.2) is 0 Å². The summed E-state index contributed by atoms with van der Waals surface area (Å²) in [4.78, 5) is 11.5. The van der Waals surface area contributed by atoms with Crippen LogP contribution in [0.15, 0.2) is 48.6 Å². The standard InChI is InChI=1S/C26H35F3O6/c1-17(2)35-25(33)11-6-4-3-5-10-21-22(24(32)15-23(21)31)13-12-19(30)16-34-20-9-7-8-18(14-20)26(27,28)29/h3,5,7-9,12-14,17,19,21-24,30-32H,4,6,10-11,15-16H2,1-2H3/t19-,21-,22+,23-,24-/m1/s1. The predicted molar refractivity (Wildman–Crippen MR) is 125 cm³/mol. The zero-order chi connectivity index (χ0) is 26.0. The van der Waals surface area contributed by atoms with Crippen LogP contribution in [-0.2, 0) is 15.7 Å². The van der Waals surface area contributed by atoms with Crippen LogP contribution in [0, 0.1) is 11.8 Å². The van der Waals surface area contributed by atoms with Crippen LogP contribution in [0.4, 0.5) is 13.2 Å². The van der Waals surface area contributed by atoms with E-state index in [1.54, 1.807) is 19.9 Å². The fraction of sp³-hybridized carbons (Fsp3) is 0.577. The molecule has 0 bridgehead atoms. The number of carbonyl (C=O) groups excluding carboxylic acids is 1. The lowest BCUT2D eigenvalue weighted by molar-refractivity contribution is -0.147. The molecule has 1 fully saturated rings. The van der Waals surface area contributed by atoms with Gasteiger partial charge < -0.3 is 24.8 Å². The van der Waals surface area contributed by atoms with Crippen molar-refractivity contribution in [1.29, 1.82) is 0 Å². The molecule has 0 saturated heterocycles. The second kappa shape index (κ2) is 13.7. The number of aliphatic hydroxyl groups is 3. The molecule has 0 heterocycles. The third kappa shape index (κ3) is 10.0. The smallest absolute Gasteiger partial charge is 0.416 e. The molecule has 0 amide bonds. The Kier molecular flexibility index (Phi) is 11.3. The number of halogens is 3. The minimum absolute atomic E-state index is 0.0101. The topological polar surface area (TPSA) is 96.2 Å². The minimum atomic E-state index is -4.49. The van der Waals surface area contributed by atoms with E-state index < -0.39 is 30.1 Å². The molecule has 35 heavy (non-hydrogen) atoms. The Hall–Kier alpha value is -2.36. The van der Waals surface area contributed by atoms with Crippen LogP contribution in [0.3, 0.4) is 0 Å². The van der Waals surface area contributed by atoms with Crippen LogP contribution in [0.5, 0.6) is 5.75 Å². The van der Waals surface area contributed by atoms with Crippen molar-refractivity contribution in [2.75, 3.05) is 6.61 Å². The molecule has 6 nitrogen and oxygen atoms in total. The Labute approximate surface area is 204 Å². The van der Waals surface area contributed by atoms with Gasteiger partial charge in [-0.15, -0.1) is 0 Å². The third-order valence-corrected chi connectivity index (χ3v) is 5.75. The number of rotatable bonds is 12. The van der Waals surface area contributed by atoms with Gasteiger partial charge in [0.1, 0.15) is 18.5 Å². The second-order valence-electron chi connectivity index (χ2n) is 9.04. The first-order chi connectivity index (χ1) is 16.5. The quantitative estimate of drug-likeness (QED) is 0.223. The van der Waals surface area contributed by atoms with Crippen molar-refractivity contribution in [3.05, 3.63) is 54.1 Å². The Morgan fingerprint density at radius 2 is 1.94 bits per heavy atom. The molecule has 0 aliphatic heterocycles. The summed E-state index contributed by atoms with van der Waals surface area (Å²) in [6.07, 6.45) is 2.09. The molecule has 0 unspecified atom stereocenters. The molecule has 0 spiro atoms. The van der Waals surface area contributed by atoms with Gasteiger partial charge in [-0.2, -0.15) is 13.2 Å². The molecule has 5 atom stereocenters. The van der Waals surface area contributed by atoms with Crippen molar-refractivity contribution in [2.24, 2.45) is 11.8 Å². The van der Waals surface area contributed by atoms with E-state index in [2.05, 4.69) is 0 Å². The molecule has 1 saturated carbocycles. The third-order valence-electron chi connectivity index (χ3n) is 5.75. The van der Waals surface area contributed by atoms with Gasteiger partial charge in [-0.1, -0.05) is 30.4 Å². The number of benzene rings is 1. The molecule has 3 N–H and O–H groups in total. The summed E-state index contributed by atoms with van der Waals surface area (Å²) < 4.78 is 48.8. The Balaban J connectivity index is 1.82. The van der Waals surface area contributed by atoms with Crippen LogP contribution >= 0.6 is 0 Å². The molecular weight excluding hydrogens is 465 g/mol. The van der Waals surface area contributed by atoms with Crippen molar-refractivity contribution in [1.82, 2.24) is 0 Å². The lowest BCUT2D eigenvalue weighted by atomic mass is 9.89. The summed E-state index contributed by atoms with van der Waals surface area (Å²) in [6, 6.07) is 4.40. The van der Waals surface area contributed by atoms with E-state index >= 15 is 0 Å². The van der Waals surface area contributed by atoms with Crippen molar-refractivity contribution < 1.29 is 42.8 Å². The first kappa shape index (κ1) is 28.9. The first-order valence-electron chi connectivity index (χ1n) is 11.8. The molecule has 1 aromatic carbocycles. The summed E-state index contributed by atoms with van der Waals surface area (Å²) in [5.41, 5.74) is -0.838. The number of hydrogen-bond donors (Lipinski definition) is 3. The number of aliphatic hydroxyl groups excluding tert-OH is 3. The normalized spacial score (nSPS) is 23.9. The molecule has 1 aliphatic carbocycles. The minimum Gasteiger partial charge on any atom is -0.491 e. The highest BCUT2D eigenvalue weighted by atomic mass is 19.4. The maximum atomic E-state index is 12.8. The van der Waals surface area contributed by atoms with Gasteiger partial charge in [0.25, 0.3) is 0 Å². The number of alkyl halides is 3. The molecule has 0 radical (unpaired) electrons. The highest BCUT2D eigenvalue weighted by Crippen LogP contribution is 2.36. The van der Waals surface area contributed by atoms with E-state index in [1.807, 2.05) is 12.2 Å². The Bertz CT molecular complexity index is 852. The van der Waals surface area contributed by atoms with E-state index in [0.717, 1.165) is 12.1 Å². The number of hydrogen-bond acceptors (Lipinski definition) is 6. The number of ether oxygens (including phenoxy) is 2. The van der Waals surface area contributed by atoms with Crippen LogP contribution < -0.4 is 4.74 Å². The summed E-state index contributed by atoms with van der Waals surface area (Å²) in [6.45, 7) is 3.34. The zero-order valence-corrected chi connectivity index (χ0v) is 20.0. The number of allylic oxidation sites excluding steroid dienone is 2. The molecule has 2 rings (SSSR count). The predicted octanol–water partition coefficient (Wildman–Crippen LogP) is 4.43. The van der Waals surface area contributed by atoms with Crippen molar-refractivity contribution in [2.45, 2.75) is 76.5 Å². The summed E-state index contributed by atoms with van der Waals surface area (Å²) >= 11 is 0. The Morgan fingerprint density at radius 1 is 1.20 bits per heavy atom. The molecular formula is C26H35F3O6. The molecule has 1 aromatic rings. The van der Waals surface area contributed by atoms with E-state index in [1.165, 1.54) is 18.2 Å². The molecule has 1 aliphatic rings. The number of carbonyl (C=O) groups is 1. The lowest BCUT2D eigenvalue weighted by Crippen LogP contribution is -2.21. The number of unbranched alkanes of at least 4 members (excludes halogenated alkanes) is 1. The average molecular weight is 501 g/mol. The maximum absolute atomic E-state index is 12.8. The summed E-state index contributed by atoms with van der Waals surface area (Å²) in [5.74, 6) is -0.883. The van der Waals surface area contributed by atoms with Crippen LogP contribution in [0.1, 0.15) is 51.5 Å². The van der Waals surface area contributed by atoms with Gasteiger partial charge in [0.05, 0.1) is 23.9 Å².